The van der Waals surface area contributed by atoms with Crippen molar-refractivity contribution in [3.63, 3.8) is 0 Å². The van der Waals surface area contributed by atoms with Crippen molar-refractivity contribution in [3.05, 3.63) is 120 Å². The van der Waals surface area contributed by atoms with Gasteiger partial charge < -0.3 is 14.7 Å². The number of hydrogen-bond donors (Lipinski definition) is 1. The molecule has 0 aliphatic heterocycles. The largest absolute Gasteiger partial charge is 0.378 e. The number of nitrogens with zero attached hydrogens (tertiary/aromatic N) is 2. The van der Waals surface area contributed by atoms with Gasteiger partial charge in [0.15, 0.2) is 0 Å². The zero-order valence-electron chi connectivity index (χ0n) is 24.1. The number of hydrogen-bond acceptors (Lipinski definition) is 4. The van der Waals surface area contributed by atoms with E-state index in [1.165, 1.54) is 59.3 Å². The minimum atomic E-state index is 0.298. The lowest BCUT2D eigenvalue weighted by Crippen LogP contribution is -2.04. The summed E-state index contributed by atoms with van der Waals surface area (Å²) in [6.45, 7) is 0.298. The number of rotatable bonds is 10. The molecule has 0 bridgehead atoms. The number of imidazole rings is 1. The first-order chi connectivity index (χ1) is 20.7. The Kier molecular flexibility index (Phi) is 8.86. The molecule has 1 saturated carbocycles. The van der Waals surface area contributed by atoms with Crippen molar-refractivity contribution in [2.45, 2.75) is 49.3 Å². The van der Waals surface area contributed by atoms with E-state index in [-0.39, 0.29) is 0 Å². The van der Waals surface area contributed by atoms with Crippen LogP contribution in [0.2, 0.25) is 0 Å². The van der Waals surface area contributed by atoms with Crippen molar-refractivity contribution in [2.24, 2.45) is 0 Å². The summed E-state index contributed by atoms with van der Waals surface area (Å²) in [5, 5.41) is 3.11. The summed E-state index contributed by atoms with van der Waals surface area (Å²) >= 11 is 1.74. The zero-order chi connectivity index (χ0) is 28.7. The molecule has 42 heavy (non-hydrogen) atoms. The summed E-state index contributed by atoms with van der Waals surface area (Å²) in [5.74, 6) is 1.72. The van der Waals surface area contributed by atoms with Gasteiger partial charge in [0, 0.05) is 34.5 Å². The van der Waals surface area contributed by atoms with E-state index in [2.05, 4.69) is 107 Å². The van der Waals surface area contributed by atoms with Gasteiger partial charge in [-0.1, -0.05) is 79.9 Å². The van der Waals surface area contributed by atoms with Gasteiger partial charge in [-0.2, -0.15) is 0 Å². The number of aromatic nitrogens is 2. The summed E-state index contributed by atoms with van der Waals surface area (Å²) < 4.78 is 2.18. The molecule has 0 radical (unpaired) electrons. The van der Waals surface area contributed by atoms with Crippen LogP contribution in [0.25, 0.3) is 28.1 Å². The van der Waals surface area contributed by atoms with Crippen LogP contribution in [0.15, 0.2) is 108 Å². The first kappa shape index (κ1) is 28.0. The quantitative estimate of drug-likeness (QED) is 0.134. The molecule has 4 aromatic carbocycles. The summed E-state index contributed by atoms with van der Waals surface area (Å²) in [7, 11) is 0. The monoisotopic (exact) mass is 571 g/mol. The van der Waals surface area contributed by atoms with Crippen LogP contribution < -0.4 is 5.32 Å². The van der Waals surface area contributed by atoms with Gasteiger partial charge in [-0.05, 0) is 83.7 Å². The van der Waals surface area contributed by atoms with Gasteiger partial charge in [-0.3, -0.25) is 0 Å². The van der Waals surface area contributed by atoms with Crippen LogP contribution in [0.4, 0.5) is 5.69 Å². The highest BCUT2D eigenvalue weighted by Crippen LogP contribution is 2.34. The number of aldehydes is 1. The van der Waals surface area contributed by atoms with Gasteiger partial charge in [0.05, 0.1) is 12.2 Å². The normalized spacial score (nSPS) is 13.6. The van der Waals surface area contributed by atoms with E-state index in [0.717, 1.165) is 47.1 Å². The van der Waals surface area contributed by atoms with Crippen LogP contribution in [0.3, 0.4) is 0 Å². The maximum Gasteiger partial charge on any atom is 0.139 e. The molecular weight excluding hydrogens is 534 g/mol. The SMILES string of the molecule is CSc1ccc(-c2cn(-c3ccc(NCC=O)cc3)c(Cc3ccc(-c4ccc(C5CCCCC5)cc4)cc3)n2)cc1. The second kappa shape index (κ2) is 13.3. The highest BCUT2D eigenvalue weighted by Gasteiger charge is 2.16. The number of nitrogens with one attached hydrogen (secondary N) is 1. The Labute approximate surface area is 253 Å². The number of thioether (sulfide) groups is 1. The fourth-order valence-corrected chi connectivity index (χ4v) is 6.36. The van der Waals surface area contributed by atoms with Crippen LogP contribution >= 0.6 is 11.8 Å². The smallest absolute Gasteiger partial charge is 0.139 e. The van der Waals surface area contributed by atoms with Gasteiger partial charge in [0.1, 0.15) is 12.1 Å². The second-order valence-corrected chi connectivity index (χ2v) is 11.9. The average molecular weight is 572 g/mol. The lowest BCUT2D eigenvalue weighted by atomic mass is 9.83. The Bertz CT molecular complexity index is 1600. The van der Waals surface area contributed by atoms with Crippen molar-refractivity contribution in [3.8, 4) is 28.1 Å². The molecule has 1 aromatic heterocycles. The molecule has 5 aromatic rings. The summed E-state index contributed by atoms with van der Waals surface area (Å²) in [6, 6.07) is 34.9. The Morgan fingerprint density at radius 3 is 2.10 bits per heavy atom. The number of carbonyl (C=O) groups is 1. The van der Waals surface area contributed by atoms with Crippen LogP contribution in [-0.2, 0) is 11.2 Å². The Hall–Kier alpha value is -4.09. The second-order valence-electron chi connectivity index (χ2n) is 11.1. The van der Waals surface area contributed by atoms with Crippen LogP contribution in [0.1, 0.15) is 55.0 Å². The summed E-state index contributed by atoms with van der Waals surface area (Å²) in [5.41, 5.74) is 9.23. The van der Waals surface area contributed by atoms with E-state index in [0.29, 0.717) is 6.54 Å². The molecule has 0 spiro atoms. The minimum absolute atomic E-state index is 0.298. The van der Waals surface area contributed by atoms with Crippen molar-refractivity contribution >= 4 is 23.7 Å². The first-order valence-electron chi connectivity index (χ1n) is 14.9. The predicted molar refractivity (Wildman–Crippen MR) is 176 cm³/mol. The van der Waals surface area contributed by atoms with Crippen molar-refractivity contribution < 1.29 is 4.79 Å². The Balaban J connectivity index is 1.24. The Morgan fingerprint density at radius 1 is 0.810 bits per heavy atom. The van der Waals surface area contributed by atoms with Gasteiger partial charge in [0.25, 0.3) is 0 Å². The van der Waals surface area contributed by atoms with Crippen molar-refractivity contribution in [2.75, 3.05) is 18.1 Å². The Morgan fingerprint density at radius 2 is 1.45 bits per heavy atom. The molecule has 1 heterocycles. The topological polar surface area (TPSA) is 46.9 Å². The summed E-state index contributed by atoms with van der Waals surface area (Å²) in [6.07, 6.45) is 12.6. The van der Waals surface area contributed by atoms with Gasteiger partial charge >= 0.3 is 0 Å². The van der Waals surface area contributed by atoms with E-state index >= 15 is 0 Å². The molecular formula is C37H37N3OS. The fraction of sp³-hybridized carbons (Fsp3) is 0.243. The van der Waals surface area contributed by atoms with Crippen LogP contribution in [-0.4, -0.2) is 28.6 Å². The molecule has 1 aliphatic carbocycles. The van der Waals surface area contributed by atoms with Gasteiger partial charge in [-0.25, -0.2) is 4.98 Å². The van der Waals surface area contributed by atoms with Crippen LogP contribution in [0, 0.1) is 0 Å². The molecule has 212 valence electrons. The molecule has 0 amide bonds. The molecule has 0 unspecified atom stereocenters. The molecule has 6 rings (SSSR count). The molecule has 1 aliphatic rings. The number of anilines is 1. The molecule has 1 N–H and O–H groups in total. The highest BCUT2D eigenvalue weighted by atomic mass is 32.2. The van der Waals surface area contributed by atoms with E-state index < -0.39 is 0 Å². The van der Waals surface area contributed by atoms with E-state index in [1.807, 2.05) is 12.1 Å². The maximum atomic E-state index is 10.8. The minimum Gasteiger partial charge on any atom is -0.378 e. The molecule has 0 saturated heterocycles. The van der Waals surface area contributed by atoms with Crippen molar-refractivity contribution in [1.29, 1.82) is 0 Å². The third-order valence-corrected chi connectivity index (χ3v) is 9.08. The van der Waals surface area contributed by atoms with Gasteiger partial charge in [-0.15, -0.1) is 11.8 Å². The lowest BCUT2D eigenvalue weighted by Gasteiger charge is -2.22. The standard InChI is InChI=1S/C37H37N3OS/c1-42-35-21-15-32(16-22-35)36-26-40(34-19-17-33(18-20-34)38-23-24-41)37(39-36)25-27-7-9-29(10-8-27)31-13-11-30(12-14-31)28-5-3-2-4-6-28/h7-22,24,26,28,38H,2-6,23,25H2,1H3. The number of carbonyl (C=O) groups excluding carboxylic acids is 1. The molecule has 0 atom stereocenters. The van der Waals surface area contributed by atoms with E-state index in [4.69, 9.17) is 4.98 Å². The summed E-state index contributed by atoms with van der Waals surface area (Å²) in [4.78, 5) is 17.1. The lowest BCUT2D eigenvalue weighted by molar-refractivity contribution is -0.106. The predicted octanol–water partition coefficient (Wildman–Crippen LogP) is 9.18. The van der Waals surface area contributed by atoms with E-state index in [1.54, 1.807) is 11.8 Å². The number of benzene rings is 4. The van der Waals surface area contributed by atoms with Crippen LogP contribution in [0.5, 0.6) is 0 Å². The first-order valence-corrected chi connectivity index (χ1v) is 16.1. The maximum absolute atomic E-state index is 10.8. The average Bonchev–Trinajstić information content (AvgIpc) is 3.48. The molecule has 4 nitrogen and oxygen atoms in total. The third kappa shape index (κ3) is 6.52. The van der Waals surface area contributed by atoms with Crippen molar-refractivity contribution in [1.82, 2.24) is 9.55 Å². The zero-order valence-corrected chi connectivity index (χ0v) is 24.9. The molecule has 1 fully saturated rings. The highest BCUT2D eigenvalue weighted by molar-refractivity contribution is 7.98. The van der Waals surface area contributed by atoms with Gasteiger partial charge in [0.2, 0.25) is 0 Å². The van der Waals surface area contributed by atoms with E-state index in [9.17, 15) is 4.79 Å². The molecule has 5 heteroatoms. The third-order valence-electron chi connectivity index (χ3n) is 8.34. The fourth-order valence-electron chi connectivity index (χ4n) is 5.95.